The monoisotopic (exact) mass is 559 g/mol. The molecule has 2 aromatic carbocycles. The quantitative estimate of drug-likeness (QED) is 0.238. The fourth-order valence-electron chi connectivity index (χ4n) is 4.01. The number of ether oxygens (including phenoxy) is 1. The van der Waals surface area contributed by atoms with Crippen LogP contribution in [-0.4, -0.2) is 53.4 Å². The van der Waals surface area contributed by atoms with Crippen molar-refractivity contribution in [3.05, 3.63) is 84.2 Å². The van der Waals surface area contributed by atoms with Crippen LogP contribution in [0.25, 0.3) is 5.69 Å². The number of para-hydroxylation sites is 1. The van der Waals surface area contributed by atoms with Crippen molar-refractivity contribution in [1.29, 1.82) is 0 Å². The maximum atomic E-state index is 5.97. The minimum atomic E-state index is 0. The molecule has 1 atom stereocenters. The number of nitrogens with zero attached hydrogens (tertiary/aromatic N) is 4. The second-order valence-electron chi connectivity index (χ2n) is 8.22. The summed E-state index contributed by atoms with van der Waals surface area (Å²) in [6.45, 7) is 7.23. The second-order valence-corrected chi connectivity index (χ2v) is 8.22. The van der Waals surface area contributed by atoms with Gasteiger partial charge in [-0.1, -0.05) is 48.5 Å². The van der Waals surface area contributed by atoms with Gasteiger partial charge in [-0.05, 0) is 43.0 Å². The molecule has 7 heteroatoms. The lowest BCUT2D eigenvalue weighted by Gasteiger charge is -2.21. The molecule has 0 radical (unpaired) electrons. The van der Waals surface area contributed by atoms with E-state index in [0.717, 1.165) is 57.3 Å². The van der Waals surface area contributed by atoms with E-state index < -0.39 is 0 Å². The molecule has 0 spiro atoms. The van der Waals surface area contributed by atoms with Crippen molar-refractivity contribution in [2.24, 2.45) is 10.9 Å². The predicted molar refractivity (Wildman–Crippen MR) is 144 cm³/mol. The fraction of sp³-hybridized carbons (Fsp3) is 0.385. The van der Waals surface area contributed by atoms with E-state index in [1.54, 1.807) is 0 Å². The van der Waals surface area contributed by atoms with Gasteiger partial charge in [0.25, 0.3) is 0 Å². The molecular formula is C26H34IN5O. The van der Waals surface area contributed by atoms with Crippen molar-refractivity contribution in [2.75, 3.05) is 32.8 Å². The molecule has 4 rings (SSSR count). The molecule has 0 aliphatic carbocycles. The van der Waals surface area contributed by atoms with Crippen LogP contribution in [0.15, 0.2) is 78.0 Å². The van der Waals surface area contributed by atoms with E-state index >= 15 is 0 Å². The molecule has 0 amide bonds. The van der Waals surface area contributed by atoms with E-state index in [-0.39, 0.29) is 24.0 Å². The Morgan fingerprint density at radius 1 is 1.09 bits per heavy atom. The van der Waals surface area contributed by atoms with Gasteiger partial charge < -0.3 is 15.0 Å². The van der Waals surface area contributed by atoms with Crippen LogP contribution < -0.4 is 5.32 Å². The SMILES string of the molecule is CCNC(=NCCc1cnn(-c2ccccc2)c1)N1CCC(COCc2ccccc2)C1.I. The van der Waals surface area contributed by atoms with E-state index in [1.807, 2.05) is 35.1 Å². The molecule has 2 heterocycles. The highest BCUT2D eigenvalue weighted by Gasteiger charge is 2.25. The van der Waals surface area contributed by atoms with Crippen molar-refractivity contribution in [2.45, 2.75) is 26.4 Å². The first-order chi connectivity index (χ1) is 15.8. The van der Waals surface area contributed by atoms with Gasteiger partial charge in [0.05, 0.1) is 25.1 Å². The zero-order valence-electron chi connectivity index (χ0n) is 19.3. The summed E-state index contributed by atoms with van der Waals surface area (Å²) in [6.07, 6.45) is 6.04. The summed E-state index contributed by atoms with van der Waals surface area (Å²) in [6, 6.07) is 20.6. The largest absolute Gasteiger partial charge is 0.376 e. The number of hydrogen-bond donors (Lipinski definition) is 1. The fourth-order valence-corrected chi connectivity index (χ4v) is 4.01. The highest BCUT2D eigenvalue weighted by molar-refractivity contribution is 14.0. The van der Waals surface area contributed by atoms with Gasteiger partial charge in [-0.3, -0.25) is 4.99 Å². The Labute approximate surface area is 214 Å². The molecule has 1 unspecified atom stereocenters. The zero-order chi connectivity index (χ0) is 22.0. The van der Waals surface area contributed by atoms with Crippen molar-refractivity contribution in [3.8, 4) is 5.69 Å². The Hall–Kier alpha value is -2.39. The van der Waals surface area contributed by atoms with Gasteiger partial charge in [-0.15, -0.1) is 24.0 Å². The van der Waals surface area contributed by atoms with Crippen LogP contribution in [-0.2, 0) is 17.8 Å². The molecule has 1 fully saturated rings. The van der Waals surface area contributed by atoms with Gasteiger partial charge in [-0.2, -0.15) is 5.10 Å². The summed E-state index contributed by atoms with van der Waals surface area (Å²) in [5.74, 6) is 1.56. The lowest BCUT2D eigenvalue weighted by atomic mass is 10.1. The lowest BCUT2D eigenvalue weighted by molar-refractivity contribution is 0.0907. The smallest absolute Gasteiger partial charge is 0.193 e. The van der Waals surface area contributed by atoms with E-state index in [1.165, 1.54) is 11.1 Å². The number of aromatic nitrogens is 2. The first kappa shape index (κ1) is 25.2. The summed E-state index contributed by atoms with van der Waals surface area (Å²) in [5, 5.41) is 7.95. The maximum Gasteiger partial charge on any atom is 0.193 e. The van der Waals surface area contributed by atoms with Crippen LogP contribution in [0.5, 0.6) is 0 Å². The third-order valence-corrected chi connectivity index (χ3v) is 5.70. The summed E-state index contributed by atoms with van der Waals surface area (Å²) in [5.41, 5.74) is 3.50. The Morgan fingerprint density at radius 3 is 2.61 bits per heavy atom. The number of aliphatic imine (C=N–C) groups is 1. The Kier molecular flexibility index (Phi) is 10.2. The molecule has 1 aromatic heterocycles. The first-order valence-electron chi connectivity index (χ1n) is 11.6. The highest BCUT2D eigenvalue weighted by Crippen LogP contribution is 2.17. The van der Waals surface area contributed by atoms with Gasteiger partial charge >= 0.3 is 0 Å². The molecule has 1 N–H and O–H groups in total. The van der Waals surface area contributed by atoms with Gasteiger partial charge in [0.2, 0.25) is 0 Å². The maximum absolute atomic E-state index is 5.97. The topological polar surface area (TPSA) is 54.7 Å². The van der Waals surface area contributed by atoms with Gasteiger partial charge in [0.15, 0.2) is 5.96 Å². The third kappa shape index (κ3) is 7.57. The molecule has 1 saturated heterocycles. The number of guanidine groups is 1. The summed E-state index contributed by atoms with van der Waals surface area (Å²) >= 11 is 0. The third-order valence-electron chi connectivity index (χ3n) is 5.70. The number of hydrogen-bond acceptors (Lipinski definition) is 3. The van der Waals surface area contributed by atoms with E-state index in [9.17, 15) is 0 Å². The molecular weight excluding hydrogens is 525 g/mol. The molecule has 1 aliphatic rings. The lowest BCUT2D eigenvalue weighted by Crippen LogP contribution is -2.40. The Bertz CT molecular complexity index is 977. The molecule has 3 aromatic rings. The Morgan fingerprint density at radius 2 is 1.85 bits per heavy atom. The van der Waals surface area contributed by atoms with Crippen LogP contribution in [0.3, 0.4) is 0 Å². The minimum Gasteiger partial charge on any atom is -0.376 e. The van der Waals surface area contributed by atoms with Crippen LogP contribution in [0.2, 0.25) is 0 Å². The number of benzene rings is 2. The van der Waals surface area contributed by atoms with E-state index in [4.69, 9.17) is 9.73 Å². The molecule has 0 saturated carbocycles. The molecule has 176 valence electrons. The Balaban J connectivity index is 0.00000306. The summed E-state index contributed by atoms with van der Waals surface area (Å²) in [7, 11) is 0. The predicted octanol–water partition coefficient (Wildman–Crippen LogP) is 4.54. The van der Waals surface area contributed by atoms with E-state index in [2.05, 4.69) is 64.8 Å². The molecule has 33 heavy (non-hydrogen) atoms. The molecule has 0 bridgehead atoms. The minimum absolute atomic E-state index is 0. The van der Waals surface area contributed by atoms with E-state index in [0.29, 0.717) is 12.5 Å². The van der Waals surface area contributed by atoms with Gasteiger partial charge in [-0.25, -0.2) is 4.68 Å². The second kappa shape index (κ2) is 13.3. The van der Waals surface area contributed by atoms with Crippen LogP contribution >= 0.6 is 24.0 Å². The summed E-state index contributed by atoms with van der Waals surface area (Å²) < 4.78 is 7.89. The zero-order valence-corrected chi connectivity index (χ0v) is 21.6. The average molecular weight is 559 g/mol. The van der Waals surface area contributed by atoms with Crippen molar-refractivity contribution >= 4 is 29.9 Å². The van der Waals surface area contributed by atoms with Crippen LogP contribution in [0.1, 0.15) is 24.5 Å². The number of rotatable bonds is 9. The van der Waals surface area contributed by atoms with Crippen molar-refractivity contribution < 1.29 is 4.74 Å². The first-order valence-corrected chi connectivity index (χ1v) is 11.6. The molecule has 6 nitrogen and oxygen atoms in total. The molecule has 1 aliphatic heterocycles. The normalized spacial score (nSPS) is 16.0. The average Bonchev–Trinajstić information content (AvgIpc) is 3.50. The van der Waals surface area contributed by atoms with Gasteiger partial charge in [0, 0.05) is 38.3 Å². The van der Waals surface area contributed by atoms with Crippen molar-refractivity contribution in [3.63, 3.8) is 0 Å². The highest BCUT2D eigenvalue weighted by atomic mass is 127. The number of likely N-dealkylation sites (tertiary alicyclic amines) is 1. The summed E-state index contributed by atoms with van der Waals surface area (Å²) in [4.78, 5) is 7.26. The van der Waals surface area contributed by atoms with Crippen LogP contribution in [0.4, 0.5) is 0 Å². The standard InChI is InChI=1S/C26H33N5O.HI/c1-2-27-26(28-15-13-23-17-29-31(19-23)25-11-7-4-8-12-25)30-16-14-24(18-30)21-32-20-22-9-5-3-6-10-22;/h3-12,17,19,24H,2,13-16,18,20-21H2,1H3,(H,27,28);1H. The van der Waals surface area contributed by atoms with Crippen molar-refractivity contribution in [1.82, 2.24) is 20.0 Å². The van der Waals surface area contributed by atoms with Gasteiger partial charge in [0.1, 0.15) is 0 Å². The van der Waals surface area contributed by atoms with Crippen LogP contribution in [0, 0.1) is 5.92 Å². The number of nitrogens with one attached hydrogen (secondary N) is 1. The number of halogens is 1.